The Labute approximate surface area is 189 Å². The first-order chi connectivity index (χ1) is 15.8. The molecule has 3 rings (SSSR count). The van der Waals surface area contributed by atoms with Crippen molar-refractivity contribution in [2.45, 2.75) is 38.5 Å². The van der Waals surface area contributed by atoms with Gasteiger partial charge >= 0.3 is 5.97 Å². The number of rotatable bonds is 1. The summed E-state index contributed by atoms with van der Waals surface area (Å²) < 4.78 is 28.4. The van der Waals surface area contributed by atoms with Gasteiger partial charge in [-0.2, -0.15) is 5.26 Å². The van der Waals surface area contributed by atoms with Crippen LogP contribution in [-0.2, 0) is 14.2 Å². The van der Waals surface area contributed by atoms with Crippen LogP contribution in [0.3, 0.4) is 0 Å². The molecule has 0 saturated heterocycles. The van der Waals surface area contributed by atoms with Gasteiger partial charge in [-0.25, -0.2) is 4.79 Å². The molecule has 0 N–H and O–H groups in total. The molecule has 172 valence electrons. The Bertz CT molecular complexity index is 891. The number of carbonyl (C=O) groups excluding carboxylic acids is 1. The molecule has 0 unspecified atom stereocenters. The molecule has 0 aromatic rings. The number of fused-ring (bicyclic) bond motifs is 1. The molecule has 1 heterocycles. The van der Waals surface area contributed by atoms with E-state index in [1.54, 1.807) is 6.07 Å². The number of methoxy groups -OCH3 is 1. The molecule has 0 aromatic heterocycles. The van der Waals surface area contributed by atoms with Crippen molar-refractivity contribution in [1.82, 2.24) is 0 Å². The average molecular weight is 442 g/mol. The Balaban J connectivity index is 1.92. The Morgan fingerprint density at radius 2 is 1.44 bits per heavy atom. The van der Waals surface area contributed by atoms with E-state index in [1.165, 1.54) is 7.11 Å². The van der Waals surface area contributed by atoms with E-state index in [0.29, 0.717) is 48.9 Å². The van der Waals surface area contributed by atoms with Gasteiger partial charge < -0.3 is 23.7 Å². The van der Waals surface area contributed by atoms with E-state index >= 15 is 0 Å². The number of nitriles is 1. The lowest BCUT2D eigenvalue weighted by molar-refractivity contribution is 0.0597. The van der Waals surface area contributed by atoms with Gasteiger partial charge in [-0.1, -0.05) is 18.2 Å². The van der Waals surface area contributed by atoms with E-state index in [4.69, 9.17) is 23.7 Å². The number of hydrogen-bond donors (Lipinski definition) is 0. The van der Waals surface area contributed by atoms with Crippen LogP contribution in [0.2, 0.25) is 0 Å². The highest BCUT2D eigenvalue weighted by atomic mass is 16.5. The zero-order chi connectivity index (χ0) is 22.6. The summed E-state index contributed by atoms with van der Waals surface area (Å²) in [4.78, 5) is 12.6. The highest BCUT2D eigenvalue weighted by Gasteiger charge is 2.31. The summed E-state index contributed by atoms with van der Waals surface area (Å²) in [5.74, 6) is 0.266. The van der Waals surface area contributed by atoms with Crippen LogP contribution in [0.1, 0.15) is 54.4 Å². The van der Waals surface area contributed by atoms with Gasteiger partial charge in [-0.05, 0) is 44.6 Å². The lowest BCUT2D eigenvalue weighted by atomic mass is 10.1. The largest absolute Gasteiger partial charge is 0.493 e. The molecule has 3 aliphatic rings. The van der Waals surface area contributed by atoms with Crippen molar-refractivity contribution in [3.05, 3.63) is 35.4 Å². The predicted molar refractivity (Wildman–Crippen MR) is 119 cm³/mol. The van der Waals surface area contributed by atoms with Crippen LogP contribution in [0.5, 0.6) is 11.5 Å². The molecule has 0 atom stereocenters. The first-order valence-corrected chi connectivity index (χ1v) is 11.3. The van der Waals surface area contributed by atoms with Crippen molar-refractivity contribution < 1.29 is 28.5 Å². The smallest absolute Gasteiger partial charge is 0.342 e. The Kier molecular flexibility index (Phi) is 9.60. The molecular formula is C25H31NO6. The number of carbonyl (C=O) groups is 1. The molecule has 32 heavy (non-hydrogen) atoms. The van der Waals surface area contributed by atoms with E-state index < -0.39 is 5.97 Å². The molecule has 1 aliphatic heterocycles. The molecule has 0 amide bonds. The van der Waals surface area contributed by atoms with Gasteiger partial charge in [0.15, 0.2) is 5.75 Å². The molecule has 7 heteroatoms. The maximum atomic E-state index is 12.6. The van der Waals surface area contributed by atoms with Crippen molar-refractivity contribution in [1.29, 1.82) is 5.26 Å². The predicted octanol–water partition coefficient (Wildman–Crippen LogP) is 4.59. The summed E-state index contributed by atoms with van der Waals surface area (Å²) in [5, 5.41) is 9.96. The fourth-order valence-corrected chi connectivity index (χ4v) is 3.68. The second-order valence-electron chi connectivity index (χ2n) is 7.60. The van der Waals surface area contributed by atoms with Gasteiger partial charge in [0, 0.05) is 37.6 Å². The quantitative estimate of drug-likeness (QED) is 0.598. The van der Waals surface area contributed by atoms with Gasteiger partial charge in [0.1, 0.15) is 22.9 Å². The highest BCUT2D eigenvalue weighted by Crippen LogP contribution is 2.46. The number of ether oxygens (including phenoxy) is 5. The highest BCUT2D eigenvalue weighted by molar-refractivity contribution is 6.06. The summed E-state index contributed by atoms with van der Waals surface area (Å²) in [6, 6.07) is 9.47. The fraction of sp³-hybridized carbons (Fsp3) is 0.520. The maximum absolute atomic E-state index is 12.6. The normalized spacial score (nSPS) is 17.0. The minimum absolute atomic E-state index is 0.258. The fourth-order valence-electron chi connectivity index (χ4n) is 3.68. The van der Waals surface area contributed by atoms with Gasteiger partial charge in [0.25, 0.3) is 0 Å². The summed E-state index contributed by atoms with van der Waals surface area (Å²) in [6.45, 7) is 3.65. The Hall–Kier alpha value is -2.82. The van der Waals surface area contributed by atoms with Crippen LogP contribution < -0.4 is 9.47 Å². The number of esters is 1. The molecule has 2 bridgehead atoms. The lowest BCUT2D eigenvalue weighted by Gasteiger charge is -2.10. The van der Waals surface area contributed by atoms with Gasteiger partial charge in [-0.3, -0.25) is 0 Å². The molecule has 7 nitrogen and oxygen atoms in total. The lowest BCUT2D eigenvalue weighted by Crippen LogP contribution is -2.07. The monoisotopic (exact) mass is 441 g/mol. The van der Waals surface area contributed by atoms with E-state index in [-0.39, 0.29) is 11.3 Å². The zero-order valence-electron chi connectivity index (χ0n) is 18.7. The average Bonchev–Trinajstić information content (AvgIpc) is 2.97. The van der Waals surface area contributed by atoms with Crippen LogP contribution in [0.15, 0.2) is 24.3 Å². The van der Waals surface area contributed by atoms with E-state index in [9.17, 15) is 10.1 Å². The second kappa shape index (κ2) is 12.9. The maximum Gasteiger partial charge on any atom is 0.342 e. The summed E-state index contributed by atoms with van der Waals surface area (Å²) in [7, 11) is 1.32. The van der Waals surface area contributed by atoms with Crippen molar-refractivity contribution in [3.63, 3.8) is 0 Å². The SMILES string of the molecule is COC(=O)c1c2ccccc3c-2c(C#N)c1OCCCCOCCCCOCCCCO3. The van der Waals surface area contributed by atoms with Crippen LogP contribution in [0.4, 0.5) is 0 Å². The summed E-state index contributed by atoms with van der Waals surface area (Å²) in [5.41, 5.74) is 1.71. The zero-order valence-corrected chi connectivity index (χ0v) is 18.7. The van der Waals surface area contributed by atoms with E-state index in [0.717, 1.165) is 51.7 Å². The van der Waals surface area contributed by atoms with Crippen molar-refractivity contribution in [3.8, 4) is 28.7 Å². The van der Waals surface area contributed by atoms with Gasteiger partial charge in [-0.15, -0.1) is 0 Å². The molecular weight excluding hydrogens is 410 g/mol. The van der Waals surface area contributed by atoms with Crippen molar-refractivity contribution in [2.75, 3.05) is 46.8 Å². The van der Waals surface area contributed by atoms with Crippen LogP contribution >= 0.6 is 0 Å². The minimum atomic E-state index is -0.539. The van der Waals surface area contributed by atoms with Crippen molar-refractivity contribution in [2.24, 2.45) is 0 Å². The third kappa shape index (κ3) is 6.12. The summed E-state index contributed by atoms with van der Waals surface area (Å²) >= 11 is 0. The first-order valence-electron chi connectivity index (χ1n) is 11.3. The van der Waals surface area contributed by atoms with Crippen LogP contribution in [0.25, 0.3) is 11.1 Å². The molecule has 0 aromatic carbocycles. The van der Waals surface area contributed by atoms with Gasteiger partial charge in [0.05, 0.1) is 20.3 Å². The molecule has 0 fully saturated rings. The first kappa shape index (κ1) is 23.8. The van der Waals surface area contributed by atoms with E-state index in [1.807, 2.05) is 18.2 Å². The van der Waals surface area contributed by atoms with Crippen molar-refractivity contribution >= 4 is 5.97 Å². The molecule has 0 saturated carbocycles. The van der Waals surface area contributed by atoms with E-state index in [2.05, 4.69) is 6.07 Å². The number of hydrogen-bond acceptors (Lipinski definition) is 7. The minimum Gasteiger partial charge on any atom is -0.493 e. The second-order valence-corrected chi connectivity index (χ2v) is 7.60. The molecule has 2 aliphatic carbocycles. The van der Waals surface area contributed by atoms with Gasteiger partial charge in [0.2, 0.25) is 0 Å². The molecule has 0 radical (unpaired) electrons. The third-order valence-electron chi connectivity index (χ3n) is 5.31. The third-order valence-corrected chi connectivity index (χ3v) is 5.31. The van der Waals surface area contributed by atoms with Crippen LogP contribution in [-0.4, -0.2) is 52.7 Å². The summed E-state index contributed by atoms with van der Waals surface area (Å²) in [6.07, 6.45) is 5.24. The number of nitrogens with zero attached hydrogens (tertiary/aromatic N) is 1. The Morgan fingerprint density at radius 3 is 2.03 bits per heavy atom. The topological polar surface area (TPSA) is 87.0 Å². The standard InChI is InChI=1S/C25H31NO6/c1-28-25(27)23-19-10-2-3-11-21-22(19)20(18-26)24(23)32-17-9-7-15-30-13-5-4-12-29-14-6-8-16-31-21/h2-3,10-11H,4-9,12-17H2,1H3. The Morgan fingerprint density at radius 1 is 0.875 bits per heavy atom. The molecule has 0 spiro atoms. The van der Waals surface area contributed by atoms with Crippen LogP contribution in [0, 0.1) is 11.3 Å².